The normalized spacial score (nSPS) is 34.9. The SMILES string of the molecule is CC1(C)OC[C@]2(O1)[C@H]1O[C@H]([C@H](S(=O)(=O)c3ccccc3)[C@H]1OCc1ccccc1)C2(F)F. The molecular formula is C23H24F2O6S. The fourth-order valence-electron chi connectivity index (χ4n) is 4.89. The highest BCUT2D eigenvalue weighted by Crippen LogP contribution is 2.60. The summed E-state index contributed by atoms with van der Waals surface area (Å²) >= 11 is 0. The maximum Gasteiger partial charge on any atom is 0.308 e. The van der Waals surface area contributed by atoms with Crippen LogP contribution in [0.3, 0.4) is 0 Å². The van der Waals surface area contributed by atoms with Gasteiger partial charge in [0.2, 0.25) is 0 Å². The van der Waals surface area contributed by atoms with E-state index in [4.69, 9.17) is 18.9 Å². The molecule has 0 amide bonds. The molecule has 6 nitrogen and oxygen atoms in total. The molecule has 2 bridgehead atoms. The van der Waals surface area contributed by atoms with E-state index in [0.29, 0.717) is 0 Å². The molecule has 3 saturated heterocycles. The van der Waals surface area contributed by atoms with Gasteiger partial charge in [0.05, 0.1) is 18.1 Å². The van der Waals surface area contributed by atoms with Crippen LogP contribution in [0, 0.1) is 0 Å². The van der Waals surface area contributed by atoms with E-state index in [9.17, 15) is 8.42 Å². The molecular weight excluding hydrogens is 442 g/mol. The van der Waals surface area contributed by atoms with Crippen molar-refractivity contribution in [2.45, 2.75) is 66.2 Å². The number of fused-ring (bicyclic) bond motifs is 3. The zero-order valence-electron chi connectivity index (χ0n) is 17.6. The van der Waals surface area contributed by atoms with Crippen molar-refractivity contribution in [3.8, 4) is 0 Å². The van der Waals surface area contributed by atoms with Crippen molar-refractivity contribution >= 4 is 9.84 Å². The Morgan fingerprint density at radius 2 is 1.62 bits per heavy atom. The molecule has 0 N–H and O–H groups in total. The molecule has 2 aromatic carbocycles. The van der Waals surface area contributed by atoms with Gasteiger partial charge in [-0.2, -0.15) is 0 Å². The van der Waals surface area contributed by atoms with Crippen molar-refractivity contribution in [2.24, 2.45) is 0 Å². The number of rotatable bonds is 5. The molecule has 0 aromatic heterocycles. The predicted molar refractivity (Wildman–Crippen MR) is 110 cm³/mol. The van der Waals surface area contributed by atoms with Gasteiger partial charge in [-0.3, -0.25) is 0 Å². The molecule has 0 radical (unpaired) electrons. The number of hydrogen-bond donors (Lipinski definition) is 0. The Morgan fingerprint density at radius 3 is 2.22 bits per heavy atom. The number of alkyl halides is 2. The predicted octanol–water partition coefficient (Wildman–Crippen LogP) is 3.35. The topological polar surface area (TPSA) is 71.1 Å². The standard InChI is InChI=1S/C23H24F2O6S/c1-21(2)29-14-22(31-21)19-17(28-13-15-9-5-3-6-10-15)18(20(30-19)23(22,24)25)32(26,27)16-11-7-4-8-12-16/h3-12,17-20H,13-14H2,1-2H3/t17-,18-,19+,20-,22+/m1/s1. The van der Waals surface area contributed by atoms with Crippen molar-refractivity contribution in [3.63, 3.8) is 0 Å². The van der Waals surface area contributed by atoms with Gasteiger partial charge in [0.1, 0.15) is 23.6 Å². The van der Waals surface area contributed by atoms with Crippen LogP contribution in [0.5, 0.6) is 0 Å². The van der Waals surface area contributed by atoms with Crippen LogP contribution in [0.4, 0.5) is 8.78 Å². The van der Waals surface area contributed by atoms with Gasteiger partial charge in [0.25, 0.3) is 0 Å². The molecule has 9 heteroatoms. The van der Waals surface area contributed by atoms with Gasteiger partial charge >= 0.3 is 5.92 Å². The first-order valence-electron chi connectivity index (χ1n) is 10.4. The summed E-state index contributed by atoms with van der Waals surface area (Å²) in [7, 11) is -4.20. The summed E-state index contributed by atoms with van der Waals surface area (Å²) in [6.07, 6.45) is -4.39. The highest BCUT2D eigenvalue weighted by atomic mass is 32.2. The lowest BCUT2D eigenvalue weighted by molar-refractivity contribution is -0.243. The second kappa shape index (κ2) is 7.30. The number of sulfone groups is 1. The molecule has 3 fully saturated rings. The van der Waals surface area contributed by atoms with Gasteiger partial charge in [-0.1, -0.05) is 48.5 Å². The van der Waals surface area contributed by atoms with Crippen LogP contribution in [0.15, 0.2) is 65.6 Å². The molecule has 1 spiro atoms. The highest BCUT2D eigenvalue weighted by Gasteiger charge is 2.83. The molecule has 0 unspecified atom stereocenters. The van der Waals surface area contributed by atoms with Crippen LogP contribution in [0.1, 0.15) is 19.4 Å². The second-order valence-electron chi connectivity index (χ2n) is 8.86. The van der Waals surface area contributed by atoms with E-state index in [0.717, 1.165) is 5.56 Å². The van der Waals surface area contributed by atoms with Crippen LogP contribution < -0.4 is 0 Å². The second-order valence-corrected chi connectivity index (χ2v) is 11.0. The first-order chi connectivity index (χ1) is 15.1. The molecule has 3 aliphatic rings. The third-order valence-corrected chi connectivity index (χ3v) is 8.53. The van der Waals surface area contributed by atoms with Gasteiger partial charge in [0.15, 0.2) is 21.2 Å². The molecule has 3 heterocycles. The van der Waals surface area contributed by atoms with Crippen LogP contribution in [-0.2, 0) is 35.4 Å². The number of halogens is 2. The van der Waals surface area contributed by atoms with Crippen molar-refractivity contribution < 1.29 is 36.1 Å². The van der Waals surface area contributed by atoms with Gasteiger partial charge in [-0.25, -0.2) is 17.2 Å². The van der Waals surface area contributed by atoms with Crippen molar-refractivity contribution in [1.82, 2.24) is 0 Å². The number of hydrogen-bond acceptors (Lipinski definition) is 6. The summed E-state index contributed by atoms with van der Waals surface area (Å²) < 4.78 is 81.4. The van der Waals surface area contributed by atoms with Crippen molar-refractivity contribution in [2.75, 3.05) is 6.61 Å². The summed E-state index contributed by atoms with van der Waals surface area (Å²) in [5, 5.41) is -1.59. The lowest BCUT2D eigenvalue weighted by atomic mass is 9.79. The third kappa shape index (κ3) is 3.13. The lowest BCUT2D eigenvalue weighted by Gasteiger charge is -2.42. The summed E-state index contributed by atoms with van der Waals surface area (Å²) in [5.41, 5.74) is -1.33. The molecule has 5 rings (SSSR count). The van der Waals surface area contributed by atoms with E-state index in [-0.39, 0.29) is 11.5 Å². The summed E-state index contributed by atoms with van der Waals surface area (Å²) in [5.74, 6) is -4.85. The third-order valence-electron chi connectivity index (χ3n) is 6.37. The quantitative estimate of drug-likeness (QED) is 0.673. The van der Waals surface area contributed by atoms with Crippen molar-refractivity contribution in [1.29, 1.82) is 0 Å². The number of benzene rings is 2. The van der Waals surface area contributed by atoms with Crippen molar-refractivity contribution in [3.05, 3.63) is 66.2 Å². The van der Waals surface area contributed by atoms with Gasteiger partial charge in [-0.05, 0) is 31.5 Å². The average Bonchev–Trinajstić information content (AvgIpc) is 3.38. The molecule has 2 aromatic rings. The van der Waals surface area contributed by atoms with Crippen LogP contribution in [0.2, 0.25) is 0 Å². The maximum atomic E-state index is 15.7. The van der Waals surface area contributed by atoms with E-state index in [1.54, 1.807) is 32.0 Å². The summed E-state index contributed by atoms with van der Waals surface area (Å²) in [4.78, 5) is -0.0526. The van der Waals surface area contributed by atoms with E-state index >= 15 is 8.78 Å². The first-order valence-corrected chi connectivity index (χ1v) is 12.0. The number of ether oxygens (including phenoxy) is 4. The Labute approximate surface area is 185 Å². The molecule has 0 aliphatic carbocycles. The summed E-state index contributed by atoms with van der Waals surface area (Å²) in [6, 6.07) is 16.7. The first kappa shape index (κ1) is 21.9. The lowest BCUT2D eigenvalue weighted by Crippen LogP contribution is -2.68. The smallest absolute Gasteiger partial charge is 0.308 e. The maximum absolute atomic E-state index is 15.7. The zero-order valence-corrected chi connectivity index (χ0v) is 18.4. The van der Waals surface area contributed by atoms with Gasteiger partial charge < -0.3 is 18.9 Å². The monoisotopic (exact) mass is 466 g/mol. The molecule has 5 atom stereocenters. The minimum atomic E-state index is -4.20. The fraction of sp³-hybridized carbons (Fsp3) is 0.478. The highest BCUT2D eigenvalue weighted by molar-refractivity contribution is 7.92. The minimum Gasteiger partial charge on any atom is -0.369 e. The van der Waals surface area contributed by atoms with Crippen LogP contribution in [-0.4, -0.2) is 55.9 Å². The molecule has 3 aliphatic heterocycles. The Bertz CT molecular complexity index is 1090. The summed E-state index contributed by atoms with van der Waals surface area (Å²) in [6.45, 7) is 2.71. The van der Waals surface area contributed by atoms with Gasteiger partial charge in [-0.15, -0.1) is 0 Å². The zero-order chi connectivity index (χ0) is 22.8. The average molecular weight is 467 g/mol. The Morgan fingerprint density at radius 1 is 1.00 bits per heavy atom. The van der Waals surface area contributed by atoms with E-state index < -0.39 is 57.3 Å². The Hall–Kier alpha value is -1.91. The van der Waals surface area contributed by atoms with E-state index in [1.807, 2.05) is 30.3 Å². The Balaban J connectivity index is 1.55. The molecule has 32 heavy (non-hydrogen) atoms. The van der Waals surface area contributed by atoms with Gasteiger partial charge in [0, 0.05) is 0 Å². The largest absolute Gasteiger partial charge is 0.369 e. The fourth-order valence-corrected chi connectivity index (χ4v) is 6.88. The van der Waals surface area contributed by atoms with E-state index in [2.05, 4.69) is 0 Å². The minimum absolute atomic E-state index is 0.0464. The molecule has 0 saturated carbocycles. The van der Waals surface area contributed by atoms with Crippen LogP contribution >= 0.6 is 0 Å². The Kier molecular flexibility index (Phi) is 5.00. The van der Waals surface area contributed by atoms with Crippen LogP contribution in [0.25, 0.3) is 0 Å². The molecule has 172 valence electrons. The van der Waals surface area contributed by atoms with E-state index in [1.165, 1.54) is 12.1 Å².